The Morgan fingerprint density at radius 3 is 2.67 bits per heavy atom. The van der Waals surface area contributed by atoms with E-state index < -0.39 is 0 Å². The third kappa shape index (κ3) is 4.87. The molecule has 1 atom stereocenters. The van der Waals surface area contributed by atoms with E-state index in [4.69, 9.17) is 4.74 Å². The van der Waals surface area contributed by atoms with Crippen molar-refractivity contribution in [1.82, 2.24) is 19.9 Å². The van der Waals surface area contributed by atoms with Crippen LogP contribution in [-0.2, 0) is 27.4 Å². The summed E-state index contributed by atoms with van der Waals surface area (Å²) in [6, 6.07) is 0. The van der Waals surface area contributed by atoms with Crippen molar-refractivity contribution in [3.05, 3.63) is 11.9 Å². The maximum Gasteiger partial charge on any atom is 0.232 e. The van der Waals surface area contributed by atoms with Gasteiger partial charge in [0.15, 0.2) is 0 Å². The summed E-state index contributed by atoms with van der Waals surface area (Å²) < 4.78 is 7.64. The molecule has 0 spiro atoms. The number of ether oxygens (including phenoxy) is 1. The molecule has 0 aliphatic carbocycles. The van der Waals surface area contributed by atoms with Crippen molar-refractivity contribution in [2.75, 3.05) is 6.61 Å². The molecule has 1 aromatic heterocycles. The second kappa shape index (κ2) is 7.42. The molecule has 0 radical (unpaired) electrons. The van der Waals surface area contributed by atoms with Crippen LogP contribution in [-0.4, -0.2) is 43.9 Å². The third-order valence-electron chi connectivity index (χ3n) is 4.11. The molecule has 2 amide bonds. The first kappa shape index (κ1) is 18.6. The smallest absolute Gasteiger partial charge is 0.232 e. The van der Waals surface area contributed by atoms with E-state index in [1.54, 1.807) is 17.8 Å². The number of hydrogen-bond acceptors (Lipinski definition) is 5. The number of carbonyl (C=O) groups excluding carboxylic acids is 2. The van der Waals surface area contributed by atoms with Crippen LogP contribution in [0.3, 0.4) is 0 Å². The fraction of sp³-hybridized carbons (Fsp3) is 0.765. The molecule has 134 valence electrons. The van der Waals surface area contributed by atoms with Gasteiger partial charge in [-0.05, 0) is 26.2 Å². The Morgan fingerprint density at radius 1 is 1.38 bits per heavy atom. The van der Waals surface area contributed by atoms with Crippen molar-refractivity contribution in [3.63, 3.8) is 0 Å². The summed E-state index contributed by atoms with van der Waals surface area (Å²) in [7, 11) is 0. The number of amides is 2. The van der Waals surface area contributed by atoms with E-state index in [0.29, 0.717) is 24.8 Å². The fourth-order valence-electron chi connectivity index (χ4n) is 2.67. The lowest BCUT2D eigenvalue weighted by Gasteiger charge is -2.25. The Kier molecular flexibility index (Phi) is 5.74. The average molecular weight is 336 g/mol. The van der Waals surface area contributed by atoms with Gasteiger partial charge in [0.2, 0.25) is 11.8 Å². The number of rotatable bonds is 8. The zero-order chi connectivity index (χ0) is 17.9. The lowest BCUT2D eigenvalue weighted by atomic mass is 10.1. The summed E-state index contributed by atoms with van der Waals surface area (Å²) in [5.74, 6) is 0.101. The lowest BCUT2D eigenvalue weighted by molar-refractivity contribution is -0.140. The third-order valence-corrected chi connectivity index (χ3v) is 4.11. The normalized spacial score (nSPS) is 18.9. The highest BCUT2D eigenvalue weighted by Crippen LogP contribution is 2.21. The van der Waals surface area contributed by atoms with E-state index in [1.807, 2.05) is 13.8 Å². The van der Waals surface area contributed by atoms with Crippen LogP contribution >= 0.6 is 0 Å². The van der Waals surface area contributed by atoms with E-state index in [-0.39, 0.29) is 36.3 Å². The Bertz CT molecular complexity index is 594. The van der Waals surface area contributed by atoms with Gasteiger partial charge in [-0.2, -0.15) is 0 Å². The molecule has 1 unspecified atom stereocenters. The van der Waals surface area contributed by atoms with Crippen LogP contribution in [0.5, 0.6) is 0 Å². The number of hydrogen-bond donors (Lipinski definition) is 0. The monoisotopic (exact) mass is 336 g/mol. The largest absolute Gasteiger partial charge is 0.374 e. The van der Waals surface area contributed by atoms with Crippen LogP contribution in [0.15, 0.2) is 6.20 Å². The van der Waals surface area contributed by atoms with E-state index in [1.165, 1.54) is 4.90 Å². The van der Waals surface area contributed by atoms with Gasteiger partial charge in [0.1, 0.15) is 5.69 Å². The van der Waals surface area contributed by atoms with Gasteiger partial charge < -0.3 is 4.74 Å². The molecule has 1 fully saturated rings. The standard InChI is InChI=1S/C17H28N4O3/c1-12(2)6-7-24-17(4,5)11-20-9-14(18-19-20)10-21-15(22)8-13(3)16(21)23/h9,12-13H,6-8,10-11H2,1-5H3. The lowest BCUT2D eigenvalue weighted by Crippen LogP contribution is -2.31. The first-order chi connectivity index (χ1) is 11.2. The minimum absolute atomic E-state index is 0.133. The van der Waals surface area contributed by atoms with Crippen molar-refractivity contribution >= 4 is 11.8 Å². The molecule has 1 aromatic rings. The number of likely N-dealkylation sites (tertiary alicyclic amines) is 1. The molecule has 2 heterocycles. The quantitative estimate of drug-likeness (QED) is 0.679. The average Bonchev–Trinajstić information content (AvgIpc) is 2.98. The summed E-state index contributed by atoms with van der Waals surface area (Å²) >= 11 is 0. The van der Waals surface area contributed by atoms with Gasteiger partial charge in [0.05, 0.1) is 24.9 Å². The van der Waals surface area contributed by atoms with Gasteiger partial charge in [-0.1, -0.05) is 26.0 Å². The second-order valence-corrected chi connectivity index (χ2v) is 7.62. The Balaban J connectivity index is 1.91. The number of nitrogens with zero attached hydrogens (tertiary/aromatic N) is 4. The predicted octanol–water partition coefficient (Wildman–Crippen LogP) is 2.01. The highest BCUT2D eigenvalue weighted by atomic mass is 16.5. The molecule has 1 aliphatic rings. The first-order valence-electron chi connectivity index (χ1n) is 8.55. The Morgan fingerprint density at radius 2 is 2.08 bits per heavy atom. The molecule has 7 nitrogen and oxygen atoms in total. The van der Waals surface area contributed by atoms with Gasteiger partial charge in [-0.25, -0.2) is 4.68 Å². The molecule has 2 rings (SSSR count). The molecule has 0 bridgehead atoms. The first-order valence-corrected chi connectivity index (χ1v) is 8.55. The molecule has 0 saturated carbocycles. The number of aromatic nitrogens is 3. The van der Waals surface area contributed by atoms with Crippen LogP contribution in [0.1, 0.15) is 53.2 Å². The van der Waals surface area contributed by atoms with Crippen LogP contribution in [0.4, 0.5) is 0 Å². The summed E-state index contributed by atoms with van der Waals surface area (Å²) in [6.07, 6.45) is 3.07. The van der Waals surface area contributed by atoms with Crippen molar-refractivity contribution in [2.45, 2.75) is 66.2 Å². The highest BCUT2D eigenvalue weighted by Gasteiger charge is 2.35. The van der Waals surface area contributed by atoms with E-state index in [0.717, 1.165) is 6.42 Å². The summed E-state index contributed by atoms with van der Waals surface area (Å²) in [6.45, 7) is 11.6. The van der Waals surface area contributed by atoms with Gasteiger partial charge in [0, 0.05) is 18.9 Å². The summed E-state index contributed by atoms with van der Waals surface area (Å²) in [4.78, 5) is 25.1. The minimum atomic E-state index is -0.354. The molecular weight excluding hydrogens is 308 g/mol. The van der Waals surface area contributed by atoms with Crippen molar-refractivity contribution in [3.8, 4) is 0 Å². The molecule has 7 heteroatoms. The van der Waals surface area contributed by atoms with Crippen LogP contribution < -0.4 is 0 Å². The highest BCUT2D eigenvalue weighted by molar-refractivity contribution is 6.03. The van der Waals surface area contributed by atoms with Crippen molar-refractivity contribution < 1.29 is 14.3 Å². The molecule has 24 heavy (non-hydrogen) atoms. The molecule has 1 saturated heterocycles. The number of imide groups is 1. The zero-order valence-corrected chi connectivity index (χ0v) is 15.3. The number of carbonyl (C=O) groups is 2. The summed E-state index contributed by atoms with van der Waals surface area (Å²) in [5.41, 5.74) is 0.261. The SMILES string of the molecule is CC(C)CCOC(C)(C)Cn1cc(CN2C(=O)CC(C)C2=O)nn1. The maximum atomic E-state index is 12.0. The molecule has 0 aromatic carbocycles. The van der Waals surface area contributed by atoms with Gasteiger partial charge in [-0.15, -0.1) is 5.10 Å². The van der Waals surface area contributed by atoms with E-state index >= 15 is 0 Å². The topological polar surface area (TPSA) is 77.3 Å². The summed E-state index contributed by atoms with van der Waals surface area (Å²) in [5, 5.41) is 8.17. The molecule has 1 aliphatic heterocycles. The van der Waals surface area contributed by atoms with Crippen molar-refractivity contribution in [1.29, 1.82) is 0 Å². The van der Waals surface area contributed by atoms with E-state index in [9.17, 15) is 9.59 Å². The second-order valence-electron chi connectivity index (χ2n) is 7.62. The zero-order valence-electron chi connectivity index (χ0n) is 15.3. The maximum absolute atomic E-state index is 12.0. The van der Waals surface area contributed by atoms with Crippen LogP contribution in [0.25, 0.3) is 0 Å². The van der Waals surface area contributed by atoms with Crippen LogP contribution in [0.2, 0.25) is 0 Å². The van der Waals surface area contributed by atoms with Gasteiger partial charge in [-0.3, -0.25) is 14.5 Å². The van der Waals surface area contributed by atoms with E-state index in [2.05, 4.69) is 24.2 Å². The van der Waals surface area contributed by atoms with Crippen LogP contribution in [0, 0.1) is 11.8 Å². The van der Waals surface area contributed by atoms with Gasteiger partial charge >= 0.3 is 0 Å². The fourth-order valence-corrected chi connectivity index (χ4v) is 2.67. The molecular formula is C17H28N4O3. The van der Waals surface area contributed by atoms with Gasteiger partial charge in [0.25, 0.3) is 0 Å². The Labute approximate surface area is 143 Å². The predicted molar refractivity (Wildman–Crippen MR) is 88.8 cm³/mol. The Hall–Kier alpha value is -1.76. The molecule has 0 N–H and O–H groups in total. The van der Waals surface area contributed by atoms with Crippen molar-refractivity contribution in [2.24, 2.45) is 11.8 Å². The minimum Gasteiger partial charge on any atom is -0.374 e.